The Morgan fingerprint density at radius 2 is 1.83 bits per heavy atom. The number of aryl methyl sites for hydroxylation is 1. The van der Waals surface area contributed by atoms with Gasteiger partial charge in [0.25, 0.3) is 10.2 Å². The van der Waals surface area contributed by atoms with E-state index in [2.05, 4.69) is 26.0 Å². The Kier molecular flexibility index (Phi) is 5.71. The van der Waals surface area contributed by atoms with E-state index < -0.39 is 10.2 Å². The second kappa shape index (κ2) is 7.56. The fraction of sp³-hybridized carbons (Fsp3) is 0.0667. The number of halogens is 1. The fourth-order valence-electron chi connectivity index (χ4n) is 2.09. The number of nitrogens with zero attached hydrogens (tertiary/aromatic N) is 2. The fourth-order valence-corrected chi connectivity index (χ4v) is 2.71. The third-order valence-electron chi connectivity index (χ3n) is 3.10. The number of benzene rings is 2. The molecule has 3 N–H and O–H groups in total. The number of rotatable bonds is 6. The number of nitrogens with one attached hydrogen (secondary N) is 1. The molecule has 0 aliphatic carbocycles. The number of carbonyl (C=O) groups is 1. The van der Waals surface area contributed by atoms with Crippen LogP contribution in [-0.2, 0) is 15.0 Å². The number of amides is 1. The molecule has 1 amide bonds. The van der Waals surface area contributed by atoms with Crippen molar-refractivity contribution in [1.29, 1.82) is 0 Å². The quantitative estimate of drug-likeness (QED) is 0.329. The van der Waals surface area contributed by atoms with Crippen molar-refractivity contribution in [3.05, 3.63) is 65.2 Å². The molecule has 0 saturated heterocycles. The molecule has 0 spiro atoms. The summed E-state index contributed by atoms with van der Waals surface area (Å²) in [6, 6.07) is 14.1. The van der Waals surface area contributed by atoms with Gasteiger partial charge in [-0.2, -0.15) is 17.6 Å². The van der Waals surface area contributed by atoms with E-state index in [4.69, 9.17) is 5.14 Å². The molecule has 0 radical (unpaired) electrons. The maximum atomic E-state index is 11.1. The SMILES string of the molecule is Cc1ccccc1/C(=N\N(Br)C=O)c1ccc(NS(N)(=O)=O)cc1. The Balaban J connectivity index is 2.47. The van der Waals surface area contributed by atoms with Gasteiger partial charge in [0, 0.05) is 16.8 Å². The zero-order chi connectivity index (χ0) is 17.7. The van der Waals surface area contributed by atoms with Crippen LogP contribution >= 0.6 is 16.1 Å². The standard InChI is InChI=1S/C15H15BrN4O3S/c1-11-4-2-3-5-14(11)15(18-20(16)10-21)12-6-8-13(9-7-12)19-24(17,22)23/h2-10,19H,1H3,(H2,17,22,23)/b18-15-. The average Bonchev–Trinajstić information content (AvgIpc) is 2.52. The maximum absolute atomic E-state index is 11.1. The van der Waals surface area contributed by atoms with E-state index >= 15 is 0 Å². The highest BCUT2D eigenvalue weighted by Crippen LogP contribution is 2.19. The first-order chi connectivity index (χ1) is 11.3. The minimum atomic E-state index is -3.83. The van der Waals surface area contributed by atoms with Gasteiger partial charge in [0.2, 0.25) is 6.41 Å². The molecule has 2 aromatic carbocycles. The van der Waals surface area contributed by atoms with Crippen LogP contribution in [0.2, 0.25) is 0 Å². The number of hydrazone groups is 1. The molecule has 0 aliphatic rings. The molecule has 2 rings (SSSR count). The smallest absolute Gasteiger partial charge is 0.276 e. The second-order valence-corrected chi connectivity index (χ2v) is 6.90. The lowest BCUT2D eigenvalue weighted by Gasteiger charge is -2.12. The van der Waals surface area contributed by atoms with Crippen molar-refractivity contribution in [2.45, 2.75) is 6.92 Å². The molecule has 0 aliphatic heterocycles. The van der Waals surface area contributed by atoms with Crippen molar-refractivity contribution in [2.75, 3.05) is 4.72 Å². The van der Waals surface area contributed by atoms with E-state index in [1.54, 1.807) is 24.3 Å². The summed E-state index contributed by atoms with van der Waals surface area (Å²) >= 11 is 3.02. The lowest BCUT2D eigenvalue weighted by molar-refractivity contribution is -0.113. The van der Waals surface area contributed by atoms with Gasteiger partial charge in [0.1, 0.15) is 0 Å². The number of hydrogen-bond acceptors (Lipinski definition) is 4. The highest BCUT2D eigenvalue weighted by Gasteiger charge is 2.12. The molecule has 0 unspecified atom stereocenters. The van der Waals surface area contributed by atoms with Gasteiger partial charge < -0.3 is 0 Å². The second-order valence-electron chi connectivity index (χ2n) is 4.88. The minimum absolute atomic E-state index is 0.330. The van der Waals surface area contributed by atoms with E-state index in [0.29, 0.717) is 23.4 Å². The first kappa shape index (κ1) is 18.1. The zero-order valence-corrected chi connectivity index (χ0v) is 15.1. The molecule has 0 bridgehead atoms. The van der Waals surface area contributed by atoms with E-state index in [1.807, 2.05) is 31.2 Å². The highest BCUT2D eigenvalue weighted by atomic mass is 79.9. The van der Waals surface area contributed by atoms with Crippen molar-refractivity contribution in [2.24, 2.45) is 10.2 Å². The summed E-state index contributed by atoms with van der Waals surface area (Å²) in [7, 11) is -3.83. The van der Waals surface area contributed by atoms with Gasteiger partial charge >= 0.3 is 0 Å². The molecule has 2 aromatic rings. The summed E-state index contributed by atoms with van der Waals surface area (Å²) < 4.78 is 25.3. The first-order valence-electron chi connectivity index (χ1n) is 6.76. The van der Waals surface area contributed by atoms with Crippen molar-refractivity contribution >= 4 is 44.2 Å². The van der Waals surface area contributed by atoms with Gasteiger partial charge in [-0.25, -0.2) is 5.14 Å². The number of anilines is 1. The summed E-state index contributed by atoms with van der Waals surface area (Å²) in [5.41, 5.74) is 3.41. The molecule has 9 heteroatoms. The van der Waals surface area contributed by atoms with Crippen LogP contribution in [-0.4, -0.2) is 24.6 Å². The molecule has 24 heavy (non-hydrogen) atoms. The topological polar surface area (TPSA) is 105 Å². The Bertz CT molecular complexity index is 867. The van der Waals surface area contributed by atoms with Gasteiger partial charge in [-0.3, -0.25) is 9.52 Å². The summed E-state index contributed by atoms with van der Waals surface area (Å²) in [4.78, 5) is 10.9. The van der Waals surface area contributed by atoms with E-state index in [0.717, 1.165) is 15.2 Å². The van der Waals surface area contributed by atoms with Crippen LogP contribution in [0.25, 0.3) is 0 Å². The van der Waals surface area contributed by atoms with Gasteiger partial charge in [0.15, 0.2) is 0 Å². The Morgan fingerprint density at radius 3 is 2.38 bits per heavy atom. The molecule has 0 saturated carbocycles. The number of nitrogens with two attached hydrogens (primary N) is 1. The summed E-state index contributed by atoms with van der Waals surface area (Å²) in [5.74, 6) is 0. The Hall–Kier alpha value is -2.23. The van der Waals surface area contributed by atoms with E-state index in [1.165, 1.54) is 0 Å². The van der Waals surface area contributed by atoms with Crippen molar-refractivity contribution in [3.63, 3.8) is 0 Å². The molecule has 0 atom stereocenters. The summed E-state index contributed by atoms with van der Waals surface area (Å²) in [6.07, 6.45) is 0.523. The van der Waals surface area contributed by atoms with E-state index in [-0.39, 0.29) is 0 Å². The monoisotopic (exact) mass is 410 g/mol. The Labute approximate surface area is 148 Å². The van der Waals surface area contributed by atoms with Crippen LogP contribution in [0.1, 0.15) is 16.7 Å². The predicted molar refractivity (Wildman–Crippen MR) is 96.8 cm³/mol. The molecular formula is C15H15BrN4O3S. The maximum Gasteiger partial charge on any atom is 0.296 e. The van der Waals surface area contributed by atoms with Crippen molar-refractivity contribution < 1.29 is 13.2 Å². The molecule has 0 heterocycles. The minimum Gasteiger partial charge on any atom is -0.276 e. The highest BCUT2D eigenvalue weighted by molar-refractivity contribution is 9.07. The van der Waals surface area contributed by atoms with Gasteiger partial charge in [-0.15, -0.1) is 0 Å². The van der Waals surface area contributed by atoms with Crippen molar-refractivity contribution in [3.8, 4) is 0 Å². The summed E-state index contributed by atoms with van der Waals surface area (Å²) in [6.45, 7) is 1.93. The first-order valence-corrected chi connectivity index (χ1v) is 9.01. The van der Waals surface area contributed by atoms with Gasteiger partial charge in [-0.1, -0.05) is 36.4 Å². The molecule has 126 valence electrons. The Morgan fingerprint density at radius 1 is 1.21 bits per heavy atom. The normalized spacial score (nSPS) is 11.9. The molecule has 0 aromatic heterocycles. The zero-order valence-electron chi connectivity index (χ0n) is 12.7. The number of hydrogen-bond donors (Lipinski definition) is 2. The third-order valence-corrected chi connectivity index (χ3v) is 3.95. The molecule has 7 nitrogen and oxygen atoms in total. The van der Waals surface area contributed by atoms with Gasteiger partial charge in [0.05, 0.1) is 21.9 Å². The van der Waals surface area contributed by atoms with Crippen LogP contribution in [0.5, 0.6) is 0 Å². The molecular weight excluding hydrogens is 396 g/mol. The lowest BCUT2D eigenvalue weighted by atomic mass is 9.98. The van der Waals surface area contributed by atoms with Crippen molar-refractivity contribution in [1.82, 2.24) is 4.03 Å². The van der Waals surface area contributed by atoms with E-state index in [9.17, 15) is 13.2 Å². The number of carbonyl (C=O) groups excluding carboxylic acids is 1. The molecule has 0 fully saturated rings. The van der Waals surface area contributed by atoms with Crippen LogP contribution in [0.4, 0.5) is 5.69 Å². The van der Waals surface area contributed by atoms with Gasteiger partial charge in [-0.05, 0) is 24.6 Å². The average molecular weight is 411 g/mol. The summed E-state index contributed by atoms with van der Waals surface area (Å²) in [5, 5.41) is 9.18. The van der Waals surface area contributed by atoms with Crippen LogP contribution < -0.4 is 9.86 Å². The largest absolute Gasteiger partial charge is 0.296 e. The van der Waals surface area contributed by atoms with Crippen LogP contribution in [0.3, 0.4) is 0 Å². The van der Waals surface area contributed by atoms with Crippen LogP contribution in [0.15, 0.2) is 53.6 Å². The van der Waals surface area contributed by atoms with Crippen LogP contribution in [0, 0.1) is 6.92 Å². The predicted octanol–water partition coefficient (Wildman–Crippen LogP) is 2.13. The third kappa shape index (κ3) is 4.88. The lowest BCUT2D eigenvalue weighted by Crippen LogP contribution is -2.21.